The molecule has 1 atom stereocenters. The van der Waals surface area contributed by atoms with Gasteiger partial charge in [0.2, 0.25) is 0 Å². The summed E-state index contributed by atoms with van der Waals surface area (Å²) in [6.45, 7) is 3.31. The van der Waals surface area contributed by atoms with Crippen LogP contribution in [0.2, 0.25) is 0 Å². The molecule has 1 aliphatic rings. The number of carbonyl (C=O) groups excluding carboxylic acids is 2. The van der Waals surface area contributed by atoms with Gasteiger partial charge in [-0.05, 0) is 86.3 Å². The minimum Gasteiger partial charge on any atom is -0.410 e. The Hall–Kier alpha value is -3.80. The zero-order valence-electron chi connectivity index (χ0n) is 19.7. The quantitative estimate of drug-likeness (QED) is 0.469. The van der Waals surface area contributed by atoms with Crippen LogP contribution in [0.4, 0.5) is 21.9 Å². The molecule has 1 fully saturated rings. The van der Waals surface area contributed by atoms with Gasteiger partial charge in [0.05, 0.1) is 0 Å². The number of piperidine rings is 1. The van der Waals surface area contributed by atoms with Gasteiger partial charge in [-0.15, -0.1) is 0 Å². The molecule has 0 spiro atoms. The van der Waals surface area contributed by atoms with E-state index in [1.54, 1.807) is 31.3 Å². The van der Waals surface area contributed by atoms with E-state index in [2.05, 4.69) is 17.1 Å². The van der Waals surface area contributed by atoms with Crippen molar-refractivity contribution in [2.75, 3.05) is 28.7 Å². The van der Waals surface area contributed by atoms with E-state index >= 15 is 0 Å². The summed E-state index contributed by atoms with van der Waals surface area (Å²) in [6, 6.07) is 24.4. The van der Waals surface area contributed by atoms with E-state index in [0.717, 1.165) is 18.7 Å². The van der Waals surface area contributed by atoms with E-state index in [1.165, 1.54) is 29.8 Å². The fourth-order valence-corrected chi connectivity index (χ4v) is 4.31. The highest BCUT2D eigenvalue weighted by Gasteiger charge is 2.21. The average molecular weight is 458 g/mol. The van der Waals surface area contributed by atoms with E-state index in [9.17, 15) is 9.59 Å². The molecule has 0 radical (unpaired) electrons. The number of hydrogen-bond donors (Lipinski definition) is 1. The predicted molar refractivity (Wildman–Crippen MR) is 137 cm³/mol. The molecule has 1 N–H and O–H groups in total. The summed E-state index contributed by atoms with van der Waals surface area (Å²) in [7, 11) is 1.66. The van der Waals surface area contributed by atoms with Crippen LogP contribution in [0.3, 0.4) is 0 Å². The maximum Gasteiger partial charge on any atom is 0.419 e. The summed E-state index contributed by atoms with van der Waals surface area (Å²) in [4.78, 5) is 29.0. The maximum atomic E-state index is 12.7. The van der Waals surface area contributed by atoms with Crippen LogP contribution in [0.15, 0.2) is 78.9 Å². The molecule has 1 heterocycles. The average Bonchev–Trinajstić information content (AvgIpc) is 2.90. The van der Waals surface area contributed by atoms with Gasteiger partial charge in [-0.1, -0.05) is 25.1 Å². The summed E-state index contributed by atoms with van der Waals surface area (Å²) in [6.07, 6.45) is 4.38. The number of rotatable bonds is 6. The molecule has 0 aromatic heterocycles. The molecule has 1 saturated heterocycles. The van der Waals surface area contributed by atoms with Crippen molar-refractivity contribution in [2.24, 2.45) is 0 Å². The minimum atomic E-state index is -0.484. The molecule has 3 aromatic rings. The van der Waals surface area contributed by atoms with Gasteiger partial charge in [0.15, 0.2) is 0 Å². The third kappa shape index (κ3) is 5.57. The number of para-hydroxylation sites is 1. The van der Waals surface area contributed by atoms with Crippen molar-refractivity contribution in [3.8, 4) is 5.75 Å². The highest BCUT2D eigenvalue weighted by Crippen LogP contribution is 2.27. The lowest BCUT2D eigenvalue weighted by Crippen LogP contribution is -2.39. The molecule has 34 heavy (non-hydrogen) atoms. The maximum absolute atomic E-state index is 12.7. The van der Waals surface area contributed by atoms with E-state index < -0.39 is 6.09 Å². The van der Waals surface area contributed by atoms with Crippen LogP contribution in [0, 0.1) is 0 Å². The fraction of sp³-hybridized carbons (Fsp3) is 0.286. The Kier molecular flexibility index (Phi) is 7.48. The summed E-state index contributed by atoms with van der Waals surface area (Å²) in [5.74, 6) is 0.230. The van der Waals surface area contributed by atoms with Gasteiger partial charge in [0.1, 0.15) is 5.75 Å². The van der Waals surface area contributed by atoms with Crippen LogP contribution in [-0.4, -0.2) is 31.6 Å². The van der Waals surface area contributed by atoms with Crippen LogP contribution in [0.25, 0.3) is 0 Å². The van der Waals surface area contributed by atoms with Gasteiger partial charge in [-0.3, -0.25) is 9.69 Å². The lowest BCUT2D eigenvalue weighted by molar-refractivity contribution is 0.102. The second kappa shape index (κ2) is 10.9. The van der Waals surface area contributed by atoms with Crippen LogP contribution < -0.4 is 19.9 Å². The van der Waals surface area contributed by atoms with Crippen molar-refractivity contribution < 1.29 is 14.3 Å². The Balaban J connectivity index is 1.34. The summed E-state index contributed by atoms with van der Waals surface area (Å²) in [5.41, 5.74) is 3.16. The van der Waals surface area contributed by atoms with Gasteiger partial charge in [0.25, 0.3) is 5.91 Å². The monoisotopic (exact) mass is 457 g/mol. The normalized spacial score (nSPS) is 15.5. The molecule has 1 unspecified atom stereocenters. The largest absolute Gasteiger partial charge is 0.419 e. The number of nitrogens with one attached hydrogen (secondary N) is 1. The van der Waals surface area contributed by atoms with E-state index in [0.29, 0.717) is 23.0 Å². The van der Waals surface area contributed by atoms with Crippen molar-refractivity contribution in [2.45, 2.75) is 38.6 Å². The molecule has 6 heteroatoms. The van der Waals surface area contributed by atoms with Gasteiger partial charge in [-0.25, -0.2) is 4.79 Å². The van der Waals surface area contributed by atoms with Gasteiger partial charge in [-0.2, -0.15) is 0 Å². The van der Waals surface area contributed by atoms with Gasteiger partial charge >= 0.3 is 6.09 Å². The third-order valence-electron chi connectivity index (χ3n) is 6.29. The van der Waals surface area contributed by atoms with E-state index in [1.807, 2.05) is 54.6 Å². The molecule has 1 aliphatic heterocycles. The predicted octanol–water partition coefficient (Wildman–Crippen LogP) is 6.34. The Morgan fingerprint density at radius 2 is 1.68 bits per heavy atom. The van der Waals surface area contributed by atoms with Crippen LogP contribution >= 0.6 is 0 Å². The van der Waals surface area contributed by atoms with Crippen molar-refractivity contribution in [1.82, 2.24) is 0 Å². The zero-order chi connectivity index (χ0) is 23.9. The first-order valence-corrected chi connectivity index (χ1v) is 11.8. The van der Waals surface area contributed by atoms with Gasteiger partial charge < -0.3 is 15.0 Å². The van der Waals surface area contributed by atoms with Crippen molar-refractivity contribution in [3.63, 3.8) is 0 Å². The Labute approximate surface area is 201 Å². The molecule has 6 nitrogen and oxygen atoms in total. The van der Waals surface area contributed by atoms with Crippen LogP contribution in [-0.2, 0) is 0 Å². The number of ether oxygens (including phenoxy) is 1. The van der Waals surface area contributed by atoms with E-state index in [-0.39, 0.29) is 5.91 Å². The molecular formula is C28H31N3O3. The highest BCUT2D eigenvalue weighted by molar-refractivity contribution is 6.04. The first-order chi connectivity index (χ1) is 16.5. The van der Waals surface area contributed by atoms with E-state index in [4.69, 9.17) is 4.74 Å². The van der Waals surface area contributed by atoms with Crippen molar-refractivity contribution >= 4 is 29.1 Å². The number of nitrogens with zero attached hydrogens (tertiary/aromatic N) is 2. The number of benzene rings is 3. The topological polar surface area (TPSA) is 61.9 Å². The smallest absolute Gasteiger partial charge is 0.410 e. The zero-order valence-corrected chi connectivity index (χ0v) is 19.7. The lowest BCUT2D eigenvalue weighted by Gasteiger charge is -2.37. The highest BCUT2D eigenvalue weighted by atomic mass is 16.6. The number of anilines is 3. The van der Waals surface area contributed by atoms with Crippen LogP contribution in [0.1, 0.15) is 43.0 Å². The molecule has 2 amide bonds. The second-order valence-corrected chi connectivity index (χ2v) is 8.54. The third-order valence-corrected chi connectivity index (χ3v) is 6.29. The van der Waals surface area contributed by atoms with Crippen molar-refractivity contribution in [3.05, 3.63) is 84.4 Å². The Morgan fingerprint density at radius 3 is 2.35 bits per heavy atom. The Bertz CT molecular complexity index is 1100. The molecule has 176 valence electrons. The fourth-order valence-electron chi connectivity index (χ4n) is 4.31. The summed E-state index contributed by atoms with van der Waals surface area (Å²) >= 11 is 0. The molecule has 0 aliphatic carbocycles. The Morgan fingerprint density at radius 1 is 0.971 bits per heavy atom. The first-order valence-electron chi connectivity index (χ1n) is 11.8. The molecular weight excluding hydrogens is 426 g/mol. The standard InChI is InChI=1S/C28H31N3O3/c1-3-23-9-7-8-20-31(23)25-16-12-21(13-17-25)27(32)29-22-14-18-26(19-15-22)34-28(33)30(2)24-10-5-4-6-11-24/h4-6,10-19,23H,3,7-9,20H2,1-2H3,(H,29,32). The summed E-state index contributed by atoms with van der Waals surface area (Å²) < 4.78 is 5.43. The van der Waals surface area contributed by atoms with Gasteiger partial charge in [0, 0.05) is 42.3 Å². The molecule has 0 bridgehead atoms. The molecule has 3 aromatic carbocycles. The number of hydrogen-bond acceptors (Lipinski definition) is 4. The van der Waals surface area contributed by atoms with Crippen molar-refractivity contribution in [1.29, 1.82) is 0 Å². The summed E-state index contributed by atoms with van der Waals surface area (Å²) in [5, 5.41) is 2.90. The molecule has 0 saturated carbocycles. The SMILES string of the molecule is CCC1CCCCN1c1ccc(C(=O)Nc2ccc(OC(=O)N(C)c3ccccc3)cc2)cc1. The first kappa shape index (κ1) is 23.4. The lowest BCUT2D eigenvalue weighted by atomic mass is 9.99. The number of amides is 2. The second-order valence-electron chi connectivity index (χ2n) is 8.54. The van der Waals surface area contributed by atoms with Crippen LogP contribution in [0.5, 0.6) is 5.75 Å². The molecule has 4 rings (SSSR count). The minimum absolute atomic E-state index is 0.175. The number of carbonyl (C=O) groups is 2.